The van der Waals surface area contributed by atoms with Crippen LogP contribution in [0.15, 0.2) is 24.3 Å². The third-order valence-electron chi connectivity index (χ3n) is 2.22. The van der Waals surface area contributed by atoms with Crippen molar-refractivity contribution in [2.24, 2.45) is 0 Å². The van der Waals surface area contributed by atoms with Crippen molar-refractivity contribution in [3.8, 4) is 0 Å². The molecule has 0 radical (unpaired) electrons. The van der Waals surface area contributed by atoms with Crippen LogP contribution in [0.5, 0.6) is 0 Å². The molecule has 0 heterocycles. The van der Waals surface area contributed by atoms with Crippen molar-refractivity contribution < 1.29 is 31.9 Å². The number of esters is 1. The van der Waals surface area contributed by atoms with Crippen molar-refractivity contribution in [1.29, 1.82) is 0 Å². The molecule has 0 unspecified atom stereocenters. The summed E-state index contributed by atoms with van der Waals surface area (Å²) in [7, 11) is 0. The number of halogens is 4. The highest BCUT2D eigenvalue weighted by Crippen LogP contribution is 2.37. The summed E-state index contributed by atoms with van der Waals surface area (Å²) in [6.45, 7) is 6.00. The van der Waals surface area contributed by atoms with E-state index in [1.54, 1.807) is 0 Å². The van der Waals surface area contributed by atoms with E-state index >= 15 is 0 Å². The van der Waals surface area contributed by atoms with Crippen LogP contribution in [0.1, 0.15) is 20.8 Å². The van der Waals surface area contributed by atoms with Gasteiger partial charge >= 0.3 is 18.3 Å². The molecule has 19 heavy (non-hydrogen) atoms. The van der Waals surface area contributed by atoms with Gasteiger partial charge in [0.05, 0.1) is 0 Å². The van der Waals surface area contributed by atoms with Gasteiger partial charge in [0.1, 0.15) is 0 Å². The van der Waals surface area contributed by atoms with Crippen LogP contribution in [0, 0.1) is 0 Å². The summed E-state index contributed by atoms with van der Waals surface area (Å²) in [5.41, 5.74) is -2.57. The van der Waals surface area contributed by atoms with Crippen molar-refractivity contribution >= 4 is 11.8 Å². The lowest BCUT2D eigenvalue weighted by Gasteiger charge is -2.32. The van der Waals surface area contributed by atoms with Gasteiger partial charge in [-0.1, -0.05) is 6.58 Å². The Hall–Kier alpha value is -1.66. The van der Waals surface area contributed by atoms with E-state index in [1.807, 2.05) is 0 Å². The maximum absolute atomic E-state index is 13.1. The Bertz CT molecular complexity index is 411. The molecule has 0 aromatic carbocycles. The van der Waals surface area contributed by atoms with Crippen LogP contribution in [0.3, 0.4) is 0 Å². The first kappa shape index (κ1) is 17.3. The number of allylic oxidation sites excluding steroid dienone is 2. The molecule has 0 aliphatic heterocycles. The molecule has 0 spiro atoms. The first-order valence-electron chi connectivity index (χ1n) is 5.18. The number of alkyl halides is 4. The fourth-order valence-electron chi connectivity index (χ4n) is 0.902. The van der Waals surface area contributed by atoms with E-state index in [1.165, 1.54) is 6.92 Å². The second-order valence-corrected chi connectivity index (χ2v) is 4.33. The average molecular weight is 282 g/mol. The maximum Gasteiger partial charge on any atom is 0.345 e. The fraction of sp³-hybridized carbons (Fsp3) is 0.500. The van der Waals surface area contributed by atoms with Crippen molar-refractivity contribution in [1.82, 2.24) is 0 Å². The van der Waals surface area contributed by atoms with Gasteiger partial charge in [0.2, 0.25) is 0 Å². The number of ketones is 1. The zero-order chi connectivity index (χ0) is 15.4. The van der Waals surface area contributed by atoms with Crippen LogP contribution in [-0.2, 0) is 14.3 Å². The molecule has 0 N–H and O–H groups in total. The standard InChI is InChI=1S/C12H14F4O3/c1-7(2)8(17)5-6-9(18)19-11(3,4)12(15,16)10(13)14/h5-6,10H,1H2,2-4H3. The van der Waals surface area contributed by atoms with E-state index in [-0.39, 0.29) is 5.57 Å². The highest BCUT2D eigenvalue weighted by molar-refractivity contribution is 6.05. The van der Waals surface area contributed by atoms with Crippen molar-refractivity contribution in [3.05, 3.63) is 24.3 Å². The largest absolute Gasteiger partial charge is 0.450 e. The van der Waals surface area contributed by atoms with Gasteiger partial charge < -0.3 is 4.74 Å². The van der Waals surface area contributed by atoms with Crippen LogP contribution in [0.4, 0.5) is 17.6 Å². The summed E-state index contributed by atoms with van der Waals surface area (Å²) in [6.07, 6.45) is -2.63. The Labute approximate surface area is 107 Å². The van der Waals surface area contributed by atoms with E-state index in [2.05, 4.69) is 11.3 Å². The Morgan fingerprint density at radius 1 is 1.21 bits per heavy atom. The summed E-state index contributed by atoms with van der Waals surface area (Å²) in [6, 6.07) is 0. The third-order valence-corrected chi connectivity index (χ3v) is 2.22. The molecule has 0 fully saturated rings. The zero-order valence-electron chi connectivity index (χ0n) is 10.7. The molecule has 0 aromatic rings. The lowest BCUT2D eigenvalue weighted by atomic mass is 10.0. The molecule has 0 saturated heterocycles. The van der Waals surface area contributed by atoms with Gasteiger partial charge in [-0.3, -0.25) is 4.79 Å². The van der Waals surface area contributed by atoms with E-state index in [0.29, 0.717) is 19.9 Å². The number of carbonyl (C=O) groups excluding carboxylic acids is 2. The van der Waals surface area contributed by atoms with E-state index in [4.69, 9.17) is 0 Å². The van der Waals surface area contributed by atoms with Crippen LogP contribution in [0.2, 0.25) is 0 Å². The summed E-state index contributed by atoms with van der Waals surface area (Å²) < 4.78 is 54.7. The van der Waals surface area contributed by atoms with Crippen LogP contribution < -0.4 is 0 Å². The molecule has 7 heteroatoms. The Morgan fingerprint density at radius 2 is 1.68 bits per heavy atom. The second-order valence-electron chi connectivity index (χ2n) is 4.33. The number of hydrogen-bond acceptors (Lipinski definition) is 3. The molecular formula is C12H14F4O3. The number of carbonyl (C=O) groups is 2. The molecular weight excluding hydrogens is 268 g/mol. The monoisotopic (exact) mass is 282 g/mol. The van der Waals surface area contributed by atoms with E-state index in [0.717, 1.165) is 6.08 Å². The maximum atomic E-state index is 13.1. The average Bonchev–Trinajstić information content (AvgIpc) is 2.24. The normalized spacial score (nSPS) is 12.8. The Balaban J connectivity index is 4.82. The molecule has 3 nitrogen and oxygen atoms in total. The summed E-state index contributed by atoms with van der Waals surface area (Å²) in [5.74, 6) is -6.43. The highest BCUT2D eigenvalue weighted by atomic mass is 19.3. The first-order chi connectivity index (χ1) is 8.41. The van der Waals surface area contributed by atoms with Gasteiger partial charge in [0.25, 0.3) is 0 Å². The third kappa shape index (κ3) is 4.50. The first-order valence-corrected chi connectivity index (χ1v) is 5.18. The SMILES string of the molecule is C=C(C)C(=O)C=CC(=O)OC(C)(C)C(F)(F)C(F)F. The van der Waals surface area contributed by atoms with Crippen molar-refractivity contribution in [2.75, 3.05) is 0 Å². The number of ether oxygens (including phenoxy) is 1. The van der Waals surface area contributed by atoms with Crippen LogP contribution in [0.25, 0.3) is 0 Å². The van der Waals surface area contributed by atoms with Gasteiger partial charge in [0.15, 0.2) is 11.4 Å². The zero-order valence-corrected chi connectivity index (χ0v) is 10.7. The number of hydrogen-bond donors (Lipinski definition) is 0. The van der Waals surface area contributed by atoms with Gasteiger partial charge in [-0.2, -0.15) is 8.78 Å². The summed E-state index contributed by atoms with van der Waals surface area (Å²) in [4.78, 5) is 22.2. The molecule has 0 atom stereocenters. The van der Waals surface area contributed by atoms with Crippen molar-refractivity contribution in [3.63, 3.8) is 0 Å². The summed E-state index contributed by atoms with van der Waals surface area (Å²) in [5, 5.41) is 0. The van der Waals surface area contributed by atoms with E-state index < -0.39 is 29.7 Å². The van der Waals surface area contributed by atoms with E-state index in [9.17, 15) is 27.2 Å². The highest BCUT2D eigenvalue weighted by Gasteiger charge is 2.57. The second kappa shape index (κ2) is 5.99. The molecule has 0 aliphatic rings. The van der Waals surface area contributed by atoms with Gasteiger partial charge in [0, 0.05) is 6.08 Å². The molecule has 0 bridgehead atoms. The lowest BCUT2D eigenvalue weighted by Crippen LogP contribution is -2.51. The minimum atomic E-state index is -4.51. The van der Waals surface area contributed by atoms with Crippen LogP contribution >= 0.6 is 0 Å². The van der Waals surface area contributed by atoms with Gasteiger partial charge in [-0.05, 0) is 32.4 Å². The molecule has 0 saturated carbocycles. The van der Waals surface area contributed by atoms with Gasteiger partial charge in [-0.15, -0.1) is 0 Å². The topological polar surface area (TPSA) is 43.4 Å². The number of rotatable bonds is 6. The minimum absolute atomic E-state index is 0.126. The minimum Gasteiger partial charge on any atom is -0.450 e. The van der Waals surface area contributed by atoms with Crippen LogP contribution in [-0.4, -0.2) is 29.7 Å². The van der Waals surface area contributed by atoms with Gasteiger partial charge in [-0.25, -0.2) is 13.6 Å². The summed E-state index contributed by atoms with van der Waals surface area (Å²) >= 11 is 0. The smallest absolute Gasteiger partial charge is 0.345 e. The molecule has 0 aromatic heterocycles. The molecule has 0 rings (SSSR count). The Morgan fingerprint density at radius 3 is 2.05 bits per heavy atom. The molecule has 108 valence electrons. The quantitative estimate of drug-likeness (QED) is 0.427. The van der Waals surface area contributed by atoms with Crippen molar-refractivity contribution in [2.45, 2.75) is 38.7 Å². The molecule has 0 amide bonds. The predicted molar refractivity (Wildman–Crippen MR) is 60.1 cm³/mol. The Kier molecular flexibility index (Phi) is 5.46. The predicted octanol–water partition coefficient (Wildman–Crippen LogP) is 2.91. The fourth-order valence-corrected chi connectivity index (χ4v) is 0.902. The molecule has 0 aliphatic carbocycles. The lowest BCUT2D eigenvalue weighted by molar-refractivity contribution is -0.240.